The van der Waals surface area contributed by atoms with Crippen LogP contribution < -0.4 is 10.4 Å². The molecule has 4 rings (SSSR count). The standard InChI is InChI=1S/C28H32F4N2O6S/c1-16(27(2,3)37)33-22-12-18(24(35)14-28(4)7-9-41(38,39)10-8-28)20(30)13-23(22)34(26(33)36)21-11-17(5-6-19(21)29)40-15-25(31)32/h5-6,11-13,16,25,37H,7-10,14-15H2,1-4H3. The molecule has 0 spiro atoms. The van der Waals surface area contributed by atoms with Gasteiger partial charge in [0.15, 0.2) is 5.78 Å². The van der Waals surface area contributed by atoms with Crippen molar-refractivity contribution in [3.8, 4) is 11.4 Å². The second-order valence-electron chi connectivity index (χ2n) is 11.5. The third-order valence-corrected chi connectivity index (χ3v) is 9.48. The number of Topliss-reactive ketones (excluding diaryl/α,β-unsaturated/α-hetero) is 1. The predicted molar refractivity (Wildman–Crippen MR) is 145 cm³/mol. The van der Waals surface area contributed by atoms with E-state index in [1.165, 1.54) is 26.8 Å². The first kappa shape index (κ1) is 30.8. The minimum atomic E-state index is -3.19. The lowest BCUT2D eigenvalue weighted by atomic mass is 9.78. The Morgan fingerprint density at radius 2 is 1.73 bits per heavy atom. The average molecular weight is 601 g/mol. The number of sulfone groups is 1. The first-order chi connectivity index (χ1) is 18.9. The molecule has 0 aliphatic carbocycles. The number of nitrogens with zero attached hydrogens (tertiary/aromatic N) is 2. The van der Waals surface area contributed by atoms with Crippen molar-refractivity contribution in [1.29, 1.82) is 0 Å². The highest BCUT2D eigenvalue weighted by atomic mass is 32.2. The summed E-state index contributed by atoms with van der Waals surface area (Å²) >= 11 is 0. The number of rotatable bonds is 9. The Hall–Kier alpha value is -3.19. The summed E-state index contributed by atoms with van der Waals surface area (Å²) in [7, 11) is -3.19. The zero-order chi connectivity index (χ0) is 30.5. The zero-order valence-electron chi connectivity index (χ0n) is 23.1. The van der Waals surface area contributed by atoms with Gasteiger partial charge in [-0.05, 0) is 57.2 Å². The number of benzene rings is 2. The summed E-state index contributed by atoms with van der Waals surface area (Å²) in [6.07, 6.45) is -2.45. The van der Waals surface area contributed by atoms with Gasteiger partial charge in [-0.1, -0.05) is 6.92 Å². The topological polar surface area (TPSA) is 108 Å². The van der Waals surface area contributed by atoms with Crippen molar-refractivity contribution in [1.82, 2.24) is 9.13 Å². The molecule has 1 fully saturated rings. The van der Waals surface area contributed by atoms with Crippen LogP contribution in [0.2, 0.25) is 0 Å². The van der Waals surface area contributed by atoms with Crippen LogP contribution in [0.25, 0.3) is 16.7 Å². The summed E-state index contributed by atoms with van der Waals surface area (Å²) in [6, 6.07) is 4.22. The summed E-state index contributed by atoms with van der Waals surface area (Å²) < 4.78 is 86.6. The molecule has 1 aliphatic rings. The normalized spacial score (nSPS) is 17.6. The molecule has 0 radical (unpaired) electrons. The second kappa shape index (κ2) is 10.9. The fourth-order valence-corrected chi connectivity index (χ4v) is 6.79. The minimum absolute atomic E-state index is 0.0315. The Kier molecular flexibility index (Phi) is 8.18. The van der Waals surface area contributed by atoms with E-state index < -0.39 is 68.7 Å². The lowest BCUT2D eigenvalue weighted by Crippen LogP contribution is -2.37. The van der Waals surface area contributed by atoms with Gasteiger partial charge in [-0.15, -0.1) is 0 Å². The van der Waals surface area contributed by atoms with E-state index in [1.54, 1.807) is 6.92 Å². The number of carbonyl (C=O) groups is 1. The fraction of sp³-hybridized carbons (Fsp3) is 0.500. The number of ketones is 1. The van der Waals surface area contributed by atoms with E-state index >= 15 is 8.78 Å². The zero-order valence-corrected chi connectivity index (χ0v) is 23.9. The van der Waals surface area contributed by atoms with E-state index in [-0.39, 0.29) is 53.1 Å². The number of ether oxygens (including phenoxy) is 1. The highest BCUT2D eigenvalue weighted by molar-refractivity contribution is 7.91. The van der Waals surface area contributed by atoms with Crippen molar-refractivity contribution in [2.45, 2.75) is 65.0 Å². The molecule has 8 nitrogen and oxygen atoms in total. The molecule has 41 heavy (non-hydrogen) atoms. The van der Waals surface area contributed by atoms with Crippen molar-refractivity contribution >= 4 is 26.7 Å². The number of aromatic nitrogens is 2. The van der Waals surface area contributed by atoms with Crippen LogP contribution in [0.15, 0.2) is 35.1 Å². The van der Waals surface area contributed by atoms with Crippen molar-refractivity contribution < 1.29 is 40.6 Å². The van der Waals surface area contributed by atoms with E-state index in [0.717, 1.165) is 33.4 Å². The predicted octanol–water partition coefficient (Wildman–Crippen LogP) is 4.83. The lowest BCUT2D eigenvalue weighted by Gasteiger charge is -2.32. The molecule has 1 N–H and O–H groups in total. The molecule has 0 saturated carbocycles. The SMILES string of the molecule is CC(n1c(=O)n(-c2cc(OCC(F)F)ccc2F)c2cc(F)c(C(=O)CC3(C)CCS(=O)(=O)CC3)cc21)C(C)(C)O. The molecular formula is C28H32F4N2O6S. The van der Waals surface area contributed by atoms with Gasteiger partial charge >= 0.3 is 5.69 Å². The number of aliphatic hydroxyl groups is 1. The molecule has 0 amide bonds. The number of alkyl halides is 2. The summed E-state index contributed by atoms with van der Waals surface area (Å²) in [4.78, 5) is 27.1. The fourth-order valence-electron chi connectivity index (χ4n) is 4.98. The Morgan fingerprint density at radius 3 is 2.32 bits per heavy atom. The summed E-state index contributed by atoms with van der Waals surface area (Å²) in [6.45, 7) is 5.21. The maximum atomic E-state index is 15.5. The molecule has 2 heterocycles. The minimum Gasteiger partial charge on any atom is -0.488 e. The van der Waals surface area contributed by atoms with Gasteiger partial charge in [-0.2, -0.15) is 0 Å². The van der Waals surface area contributed by atoms with Gasteiger partial charge < -0.3 is 9.84 Å². The lowest BCUT2D eigenvalue weighted by molar-refractivity contribution is 0.0307. The molecule has 224 valence electrons. The van der Waals surface area contributed by atoms with E-state index in [1.807, 2.05) is 0 Å². The van der Waals surface area contributed by atoms with Gasteiger partial charge in [0.1, 0.15) is 33.8 Å². The number of halogens is 4. The van der Waals surface area contributed by atoms with Gasteiger partial charge in [0, 0.05) is 18.6 Å². The number of hydrogen-bond acceptors (Lipinski definition) is 6. The third kappa shape index (κ3) is 6.35. The van der Waals surface area contributed by atoms with Crippen LogP contribution >= 0.6 is 0 Å². The van der Waals surface area contributed by atoms with Crippen molar-refractivity contribution in [3.05, 3.63) is 58.0 Å². The number of hydrogen-bond donors (Lipinski definition) is 1. The maximum Gasteiger partial charge on any atom is 0.334 e. The smallest absolute Gasteiger partial charge is 0.334 e. The summed E-state index contributed by atoms with van der Waals surface area (Å²) in [5.74, 6) is -2.80. The molecule has 1 unspecified atom stereocenters. The van der Waals surface area contributed by atoms with Crippen LogP contribution in [0.5, 0.6) is 5.75 Å². The van der Waals surface area contributed by atoms with E-state index in [0.29, 0.717) is 0 Å². The van der Waals surface area contributed by atoms with Crippen LogP contribution in [-0.2, 0) is 9.84 Å². The first-order valence-electron chi connectivity index (χ1n) is 13.1. The van der Waals surface area contributed by atoms with Crippen LogP contribution in [0.4, 0.5) is 17.6 Å². The number of carbonyl (C=O) groups excluding carboxylic acids is 1. The van der Waals surface area contributed by atoms with Crippen molar-refractivity contribution in [2.75, 3.05) is 18.1 Å². The number of fused-ring (bicyclic) bond motifs is 1. The second-order valence-corrected chi connectivity index (χ2v) is 13.8. The molecule has 3 aromatic rings. The van der Waals surface area contributed by atoms with Gasteiger partial charge in [0.25, 0.3) is 6.43 Å². The highest BCUT2D eigenvalue weighted by Crippen LogP contribution is 2.37. The highest BCUT2D eigenvalue weighted by Gasteiger charge is 2.36. The van der Waals surface area contributed by atoms with E-state index in [2.05, 4.69) is 0 Å². The quantitative estimate of drug-likeness (QED) is 0.279. The summed E-state index contributed by atoms with van der Waals surface area (Å²) in [5, 5.41) is 10.7. The van der Waals surface area contributed by atoms with Gasteiger partial charge in [0.05, 0.1) is 45.4 Å². The van der Waals surface area contributed by atoms with Crippen LogP contribution in [0.3, 0.4) is 0 Å². The van der Waals surface area contributed by atoms with Crippen LogP contribution in [0.1, 0.15) is 63.4 Å². The van der Waals surface area contributed by atoms with Crippen molar-refractivity contribution in [2.24, 2.45) is 5.41 Å². The van der Waals surface area contributed by atoms with Crippen LogP contribution in [-0.4, -0.2) is 58.6 Å². The molecule has 13 heteroatoms. The molecular weight excluding hydrogens is 568 g/mol. The maximum absolute atomic E-state index is 15.5. The Morgan fingerprint density at radius 1 is 1.10 bits per heavy atom. The molecule has 2 aromatic carbocycles. The Balaban J connectivity index is 1.87. The number of imidazole rings is 1. The molecule has 1 aliphatic heterocycles. The molecule has 1 atom stereocenters. The largest absolute Gasteiger partial charge is 0.488 e. The third-order valence-electron chi connectivity index (χ3n) is 7.83. The Bertz CT molecular complexity index is 1640. The van der Waals surface area contributed by atoms with Gasteiger partial charge in [-0.25, -0.2) is 30.8 Å². The molecule has 0 bridgehead atoms. The van der Waals surface area contributed by atoms with Crippen molar-refractivity contribution in [3.63, 3.8) is 0 Å². The average Bonchev–Trinajstić information content (AvgIpc) is 3.14. The molecule has 1 aromatic heterocycles. The monoisotopic (exact) mass is 600 g/mol. The van der Waals surface area contributed by atoms with Gasteiger partial charge in [0.2, 0.25) is 0 Å². The van der Waals surface area contributed by atoms with E-state index in [9.17, 15) is 31.9 Å². The van der Waals surface area contributed by atoms with E-state index in [4.69, 9.17) is 4.74 Å². The Labute approximate surface area is 234 Å². The molecule has 1 saturated heterocycles. The van der Waals surface area contributed by atoms with Crippen LogP contribution in [0, 0.1) is 17.0 Å². The van der Waals surface area contributed by atoms with Gasteiger partial charge in [-0.3, -0.25) is 13.9 Å². The summed E-state index contributed by atoms with van der Waals surface area (Å²) in [5.41, 5.74) is -3.85. The first-order valence-corrected chi connectivity index (χ1v) is 14.9.